The van der Waals surface area contributed by atoms with Gasteiger partial charge in [0.25, 0.3) is 5.91 Å². The summed E-state index contributed by atoms with van der Waals surface area (Å²) in [6.07, 6.45) is -0.799. The van der Waals surface area contributed by atoms with Crippen LogP contribution in [0.5, 0.6) is 11.5 Å². The van der Waals surface area contributed by atoms with Crippen molar-refractivity contribution in [1.82, 2.24) is 9.97 Å². The molecule has 4 aromatic rings. The summed E-state index contributed by atoms with van der Waals surface area (Å²) in [5, 5.41) is 1.86. The van der Waals surface area contributed by atoms with Gasteiger partial charge in [-0.25, -0.2) is 9.37 Å². The highest BCUT2D eigenvalue weighted by molar-refractivity contribution is 6.31. The van der Waals surface area contributed by atoms with Crippen LogP contribution < -0.4 is 15.0 Å². The lowest BCUT2D eigenvalue weighted by Crippen LogP contribution is -2.19. The average Bonchev–Trinajstić information content (AvgIpc) is 3.38. The number of rotatable bonds is 5. The van der Waals surface area contributed by atoms with Gasteiger partial charge in [-0.1, -0.05) is 11.6 Å². The van der Waals surface area contributed by atoms with E-state index in [1.54, 1.807) is 24.4 Å². The van der Waals surface area contributed by atoms with Gasteiger partial charge < -0.3 is 15.0 Å². The quantitative estimate of drug-likeness (QED) is 0.279. The standard InChI is InChI=1S/C26H19ClF4N4O2/c27-21-5-3-15(9-20(21)26(29,30)31)25(36)33-17-10-16(28)11-19(12-17)37-18-4-6-22-23(13-18)34-24(14-32-22)35-7-1-2-8-35/h3-6,9-14H,1-2,7-8H2,(H,33,36). The van der Waals surface area contributed by atoms with E-state index in [2.05, 4.69) is 20.2 Å². The van der Waals surface area contributed by atoms with Gasteiger partial charge in [0.15, 0.2) is 0 Å². The van der Waals surface area contributed by atoms with Crippen LogP contribution in [0.1, 0.15) is 28.8 Å². The molecule has 3 aromatic carbocycles. The first-order valence-corrected chi connectivity index (χ1v) is 11.7. The van der Waals surface area contributed by atoms with Crippen molar-refractivity contribution >= 4 is 40.0 Å². The molecule has 6 nitrogen and oxygen atoms in total. The molecule has 0 spiro atoms. The van der Waals surface area contributed by atoms with E-state index in [0.717, 1.165) is 56.0 Å². The Bertz CT molecular complexity index is 1490. The Morgan fingerprint density at radius 3 is 2.51 bits per heavy atom. The second-order valence-electron chi connectivity index (χ2n) is 8.50. The van der Waals surface area contributed by atoms with Crippen molar-refractivity contribution in [3.63, 3.8) is 0 Å². The zero-order chi connectivity index (χ0) is 26.2. The molecule has 0 unspecified atom stereocenters. The van der Waals surface area contributed by atoms with Gasteiger partial charge in [-0.05, 0) is 49.2 Å². The fraction of sp³-hybridized carbons (Fsp3) is 0.192. The van der Waals surface area contributed by atoms with Crippen LogP contribution in [-0.2, 0) is 6.18 Å². The van der Waals surface area contributed by atoms with Gasteiger partial charge in [0, 0.05) is 42.5 Å². The van der Waals surface area contributed by atoms with Gasteiger partial charge in [0.2, 0.25) is 0 Å². The number of nitrogens with zero attached hydrogens (tertiary/aromatic N) is 3. The van der Waals surface area contributed by atoms with E-state index in [9.17, 15) is 22.4 Å². The average molecular weight is 531 g/mol. The van der Waals surface area contributed by atoms with Crippen molar-refractivity contribution in [1.29, 1.82) is 0 Å². The minimum absolute atomic E-state index is 0.000379. The molecule has 0 bridgehead atoms. The predicted octanol–water partition coefficient (Wildman–Crippen LogP) is 7.09. The van der Waals surface area contributed by atoms with Crippen LogP contribution in [0.25, 0.3) is 11.0 Å². The maximum atomic E-state index is 14.3. The number of fused-ring (bicyclic) bond motifs is 1. The van der Waals surface area contributed by atoms with E-state index in [-0.39, 0.29) is 17.0 Å². The Labute approximate surface area is 213 Å². The van der Waals surface area contributed by atoms with Crippen LogP contribution in [0, 0.1) is 5.82 Å². The van der Waals surface area contributed by atoms with E-state index >= 15 is 0 Å². The Balaban J connectivity index is 1.36. The first-order valence-electron chi connectivity index (χ1n) is 11.3. The molecule has 1 amide bonds. The number of ether oxygens (including phenoxy) is 1. The number of anilines is 2. The second-order valence-corrected chi connectivity index (χ2v) is 8.90. The van der Waals surface area contributed by atoms with Crippen molar-refractivity contribution in [2.75, 3.05) is 23.3 Å². The zero-order valence-corrected chi connectivity index (χ0v) is 19.9. The van der Waals surface area contributed by atoms with Crippen LogP contribution in [0.15, 0.2) is 60.8 Å². The monoisotopic (exact) mass is 530 g/mol. The molecule has 11 heteroatoms. The normalized spacial score (nSPS) is 13.7. The van der Waals surface area contributed by atoms with Crippen LogP contribution in [0.3, 0.4) is 0 Å². The minimum Gasteiger partial charge on any atom is -0.457 e. The summed E-state index contributed by atoms with van der Waals surface area (Å²) in [5.41, 5.74) is -0.151. The van der Waals surface area contributed by atoms with Crippen molar-refractivity contribution in [2.24, 2.45) is 0 Å². The van der Waals surface area contributed by atoms with Gasteiger partial charge in [-0.2, -0.15) is 13.2 Å². The highest BCUT2D eigenvalue weighted by Crippen LogP contribution is 2.35. The van der Waals surface area contributed by atoms with Gasteiger partial charge in [-0.15, -0.1) is 0 Å². The predicted molar refractivity (Wildman–Crippen MR) is 132 cm³/mol. The van der Waals surface area contributed by atoms with Crippen LogP contribution >= 0.6 is 11.6 Å². The number of amides is 1. The summed E-state index contributed by atoms with van der Waals surface area (Å²) in [7, 11) is 0. The topological polar surface area (TPSA) is 67.3 Å². The number of alkyl halides is 3. The zero-order valence-electron chi connectivity index (χ0n) is 19.1. The van der Waals surface area contributed by atoms with E-state index in [1.165, 1.54) is 6.07 Å². The Kier molecular flexibility index (Phi) is 6.59. The number of carbonyl (C=O) groups is 1. The third-order valence-corrected chi connectivity index (χ3v) is 6.16. The smallest absolute Gasteiger partial charge is 0.417 e. The molecular formula is C26H19ClF4N4O2. The van der Waals surface area contributed by atoms with Gasteiger partial charge in [-0.3, -0.25) is 9.78 Å². The fourth-order valence-electron chi connectivity index (χ4n) is 4.06. The van der Waals surface area contributed by atoms with E-state index in [0.29, 0.717) is 22.8 Å². The molecule has 1 aliphatic rings. The SMILES string of the molecule is O=C(Nc1cc(F)cc(Oc2ccc3ncc(N4CCCC4)nc3c2)c1)c1ccc(Cl)c(C(F)(F)F)c1. The molecule has 0 aliphatic carbocycles. The molecule has 0 saturated carbocycles. The lowest BCUT2D eigenvalue weighted by atomic mass is 10.1. The first kappa shape index (κ1) is 24.8. The summed E-state index contributed by atoms with van der Waals surface area (Å²) in [6.45, 7) is 1.84. The molecule has 5 rings (SSSR count). The molecule has 0 atom stereocenters. The fourth-order valence-corrected chi connectivity index (χ4v) is 4.29. The minimum atomic E-state index is -4.73. The maximum absolute atomic E-state index is 14.3. The Morgan fingerprint density at radius 2 is 1.76 bits per heavy atom. The summed E-state index contributed by atoms with van der Waals surface area (Å²) < 4.78 is 59.5. The number of aromatic nitrogens is 2. The number of benzene rings is 3. The summed E-state index contributed by atoms with van der Waals surface area (Å²) >= 11 is 5.61. The van der Waals surface area contributed by atoms with Gasteiger partial charge in [0.05, 0.1) is 27.8 Å². The summed E-state index contributed by atoms with van der Waals surface area (Å²) in [5.74, 6) is -0.360. The molecule has 1 fully saturated rings. The van der Waals surface area contributed by atoms with Crippen molar-refractivity contribution < 1.29 is 27.1 Å². The third-order valence-electron chi connectivity index (χ3n) is 5.83. The van der Waals surface area contributed by atoms with Crippen LogP contribution in [0.2, 0.25) is 5.02 Å². The molecule has 190 valence electrons. The molecule has 1 aliphatic heterocycles. The molecule has 2 heterocycles. The van der Waals surface area contributed by atoms with Crippen LogP contribution in [0.4, 0.5) is 29.1 Å². The largest absolute Gasteiger partial charge is 0.457 e. The lowest BCUT2D eigenvalue weighted by molar-refractivity contribution is -0.137. The highest BCUT2D eigenvalue weighted by atomic mass is 35.5. The Morgan fingerprint density at radius 1 is 0.973 bits per heavy atom. The number of carbonyl (C=O) groups excluding carboxylic acids is 1. The van der Waals surface area contributed by atoms with Crippen LogP contribution in [-0.4, -0.2) is 29.0 Å². The van der Waals surface area contributed by atoms with E-state index in [4.69, 9.17) is 16.3 Å². The van der Waals surface area contributed by atoms with E-state index < -0.39 is 28.5 Å². The van der Waals surface area contributed by atoms with Crippen molar-refractivity contribution in [2.45, 2.75) is 19.0 Å². The molecule has 37 heavy (non-hydrogen) atoms. The summed E-state index contributed by atoms with van der Waals surface area (Å²) in [6, 6.07) is 11.3. The number of hydrogen-bond donors (Lipinski definition) is 1. The van der Waals surface area contributed by atoms with Gasteiger partial charge in [0.1, 0.15) is 23.1 Å². The highest BCUT2D eigenvalue weighted by Gasteiger charge is 2.33. The Hall–Kier alpha value is -3.92. The molecule has 0 radical (unpaired) electrons. The molecular weight excluding hydrogens is 512 g/mol. The molecule has 1 N–H and O–H groups in total. The van der Waals surface area contributed by atoms with Gasteiger partial charge >= 0.3 is 6.18 Å². The lowest BCUT2D eigenvalue weighted by Gasteiger charge is -2.16. The number of nitrogens with one attached hydrogen (secondary N) is 1. The molecule has 1 aromatic heterocycles. The maximum Gasteiger partial charge on any atom is 0.417 e. The number of halogens is 5. The number of hydrogen-bond acceptors (Lipinski definition) is 5. The van der Waals surface area contributed by atoms with Crippen molar-refractivity contribution in [3.8, 4) is 11.5 Å². The van der Waals surface area contributed by atoms with E-state index in [1.807, 2.05) is 0 Å². The molecule has 1 saturated heterocycles. The van der Waals surface area contributed by atoms with Crippen molar-refractivity contribution in [3.05, 3.63) is 82.8 Å². The first-order chi connectivity index (χ1) is 17.7. The third kappa shape index (κ3) is 5.59. The summed E-state index contributed by atoms with van der Waals surface area (Å²) in [4.78, 5) is 23.8. The second kappa shape index (κ2) is 9.85.